The lowest BCUT2D eigenvalue weighted by Gasteiger charge is -2.47. The van der Waals surface area contributed by atoms with Crippen LogP contribution in [0.5, 0.6) is 0 Å². The summed E-state index contributed by atoms with van der Waals surface area (Å²) >= 11 is 0. The van der Waals surface area contributed by atoms with Gasteiger partial charge in [-0.3, -0.25) is 0 Å². The third kappa shape index (κ3) is 2.23. The molecule has 1 nitrogen and oxygen atoms in total. The molecule has 0 saturated carbocycles. The van der Waals surface area contributed by atoms with E-state index in [9.17, 15) is 24.3 Å². The summed E-state index contributed by atoms with van der Waals surface area (Å²) in [6.45, 7) is 1.46. The van der Waals surface area contributed by atoms with E-state index in [-0.39, 0.29) is 5.56 Å². The van der Waals surface area contributed by atoms with E-state index in [1.807, 2.05) is 0 Å². The summed E-state index contributed by atoms with van der Waals surface area (Å²) in [6, 6.07) is 7.66. The molecule has 2 aromatic rings. The Morgan fingerprint density at radius 1 is 0.913 bits per heavy atom. The van der Waals surface area contributed by atoms with Gasteiger partial charge in [-0.05, 0) is 24.1 Å². The van der Waals surface area contributed by atoms with Crippen molar-refractivity contribution in [2.75, 3.05) is 0 Å². The van der Waals surface area contributed by atoms with Gasteiger partial charge in [-0.15, -0.1) is 15.5 Å². The van der Waals surface area contributed by atoms with Crippen molar-refractivity contribution in [1.82, 2.24) is 4.98 Å². The van der Waals surface area contributed by atoms with Crippen LogP contribution in [0.25, 0.3) is 5.57 Å². The summed E-state index contributed by atoms with van der Waals surface area (Å²) in [5.41, 5.74) is -1.31. The second-order valence-electron chi connectivity index (χ2n) is 5.39. The van der Waals surface area contributed by atoms with Crippen molar-refractivity contribution in [3.05, 3.63) is 64.7 Å². The Labute approximate surface area is 128 Å². The number of pyridine rings is 1. The van der Waals surface area contributed by atoms with Crippen LogP contribution in [0, 0.1) is 6.92 Å². The van der Waals surface area contributed by atoms with Crippen LogP contribution >= 0.6 is 9.84 Å². The van der Waals surface area contributed by atoms with Crippen LogP contribution in [0.15, 0.2) is 58.6 Å². The van der Waals surface area contributed by atoms with Gasteiger partial charge in [0.2, 0.25) is 9.84 Å². The van der Waals surface area contributed by atoms with Gasteiger partial charge < -0.3 is 0 Å². The maximum atomic E-state index is 14.5. The minimum Gasteiger partial charge on any atom is -0.243 e. The predicted octanol–water partition coefficient (Wildman–Crippen LogP) is 6.22. The van der Waals surface area contributed by atoms with Crippen LogP contribution in [0.2, 0.25) is 0 Å². The lowest BCUT2D eigenvalue weighted by Crippen LogP contribution is -2.18. The molecule has 3 rings (SSSR count). The first-order chi connectivity index (χ1) is 10.4. The molecular formula is C15H11F6NS. The van der Waals surface area contributed by atoms with Crippen LogP contribution in [-0.2, 0) is 0 Å². The molecule has 0 spiro atoms. The molecule has 0 saturated heterocycles. The van der Waals surface area contributed by atoms with Gasteiger partial charge in [0.25, 0.3) is 0 Å². The summed E-state index contributed by atoms with van der Waals surface area (Å²) in [5.74, 6) is -4.36. The van der Waals surface area contributed by atoms with E-state index >= 15 is 0 Å². The van der Waals surface area contributed by atoms with Gasteiger partial charge in [0.1, 0.15) is 4.91 Å². The molecular weight excluding hydrogens is 340 g/mol. The Kier molecular flexibility index (Phi) is 2.71. The summed E-state index contributed by atoms with van der Waals surface area (Å²) in [4.78, 5) is 0.631. The predicted molar refractivity (Wildman–Crippen MR) is 77.6 cm³/mol. The van der Waals surface area contributed by atoms with Gasteiger partial charge in [0, 0.05) is 6.20 Å². The molecule has 1 heterocycles. The van der Waals surface area contributed by atoms with Gasteiger partial charge in [-0.25, -0.2) is 4.98 Å². The molecule has 0 unspecified atom stereocenters. The van der Waals surface area contributed by atoms with E-state index in [4.69, 9.17) is 0 Å². The Morgan fingerprint density at radius 3 is 2.04 bits per heavy atom. The number of allylic oxidation sites excluding steroid dienone is 2. The van der Waals surface area contributed by atoms with Crippen molar-refractivity contribution in [2.45, 2.75) is 17.9 Å². The van der Waals surface area contributed by atoms with Crippen LogP contribution in [0.1, 0.15) is 11.1 Å². The monoisotopic (exact) mass is 351 g/mol. The molecule has 1 aliphatic rings. The summed E-state index contributed by atoms with van der Waals surface area (Å²) in [6.07, 6.45) is 0.803. The molecule has 0 fully saturated rings. The van der Waals surface area contributed by atoms with Crippen LogP contribution in [-0.4, -0.2) is 10.9 Å². The smallest absolute Gasteiger partial charge is 0.243 e. The van der Waals surface area contributed by atoms with Crippen molar-refractivity contribution in [2.24, 2.45) is 0 Å². The fraction of sp³-hybridized carbons (Fsp3) is 0.133. The second-order valence-corrected chi connectivity index (χ2v) is 8.35. The number of hydrogen-bond acceptors (Lipinski definition) is 1. The minimum atomic E-state index is -9.37. The highest BCUT2D eigenvalue weighted by atomic mass is 32.5. The number of nitrogens with zero attached hydrogens (tertiary/aromatic N) is 1. The largest absolute Gasteiger partial charge is 0.312 e. The zero-order valence-corrected chi connectivity index (χ0v) is 12.6. The number of benzene rings is 1. The van der Waals surface area contributed by atoms with Crippen molar-refractivity contribution < 1.29 is 24.3 Å². The Bertz CT molecular complexity index is 821. The van der Waals surface area contributed by atoms with Gasteiger partial charge in [0.05, 0.1) is 5.57 Å². The average Bonchev–Trinajstić information content (AvgIpc) is 3.04. The van der Waals surface area contributed by atoms with Crippen LogP contribution in [0.3, 0.4) is 0 Å². The van der Waals surface area contributed by atoms with Gasteiger partial charge in [-0.1, -0.05) is 36.4 Å². The second kappa shape index (κ2) is 3.92. The van der Waals surface area contributed by atoms with Crippen molar-refractivity contribution in [1.29, 1.82) is 0 Å². The fourth-order valence-corrected chi connectivity index (χ4v) is 4.44. The first kappa shape index (κ1) is 15.9. The first-order valence-electron chi connectivity index (χ1n) is 6.50. The molecule has 0 radical (unpaired) electrons. The lowest BCUT2D eigenvalue weighted by atomic mass is 10.2. The van der Waals surface area contributed by atoms with Crippen molar-refractivity contribution in [3.63, 3.8) is 0 Å². The maximum absolute atomic E-state index is 14.5. The Balaban J connectivity index is 2.26. The molecule has 1 aliphatic carbocycles. The Morgan fingerprint density at radius 2 is 1.52 bits per heavy atom. The summed E-state index contributed by atoms with van der Waals surface area (Å²) in [7, 11) is -9.37. The highest BCUT2D eigenvalue weighted by Crippen LogP contribution is 3.09. The molecule has 8 heteroatoms. The number of hydrogen-bond donors (Lipinski definition) is 0. The minimum absolute atomic E-state index is 0.352. The van der Waals surface area contributed by atoms with E-state index in [2.05, 4.69) is 4.98 Å². The number of rotatable bonds is 3. The SMILES string of the molecule is Cc1ccc(S(F)(F)(F)(F)C2=C(c3ccccc3)C2(F)F)nc1. The van der Waals surface area contributed by atoms with E-state index < -0.39 is 31.3 Å². The van der Waals surface area contributed by atoms with Crippen molar-refractivity contribution in [3.8, 4) is 0 Å². The van der Waals surface area contributed by atoms with Crippen LogP contribution in [0.4, 0.5) is 24.3 Å². The molecule has 0 atom stereocenters. The first-order valence-corrected chi connectivity index (χ1v) is 8.55. The number of alkyl halides is 2. The zero-order chi connectivity index (χ0) is 17.2. The third-order valence-electron chi connectivity index (χ3n) is 3.54. The van der Waals surface area contributed by atoms with E-state index in [0.717, 1.165) is 24.4 Å². The fourth-order valence-electron chi connectivity index (χ4n) is 2.40. The summed E-state index contributed by atoms with van der Waals surface area (Å²) in [5, 5.41) is -1.91. The van der Waals surface area contributed by atoms with Gasteiger partial charge >= 0.3 is 5.92 Å². The molecule has 0 bridgehead atoms. The highest BCUT2D eigenvalue weighted by molar-refractivity contribution is 8.53. The molecule has 0 N–H and O–H groups in total. The molecule has 23 heavy (non-hydrogen) atoms. The Hall–Kier alpha value is -1.96. The normalized spacial score (nSPS) is 20.0. The van der Waals surface area contributed by atoms with E-state index in [1.165, 1.54) is 25.1 Å². The molecule has 124 valence electrons. The van der Waals surface area contributed by atoms with Gasteiger partial charge in [0.15, 0.2) is 5.03 Å². The molecule has 1 aromatic carbocycles. The lowest BCUT2D eigenvalue weighted by molar-refractivity contribution is 0.151. The summed E-state index contributed by atoms with van der Waals surface area (Å²) < 4.78 is 85.6. The maximum Gasteiger partial charge on any atom is 0.312 e. The highest BCUT2D eigenvalue weighted by Gasteiger charge is 2.84. The zero-order valence-electron chi connectivity index (χ0n) is 11.7. The van der Waals surface area contributed by atoms with Crippen LogP contribution < -0.4 is 0 Å². The standard InChI is InChI=1S/C15H11F6NS/c1-10-7-8-12(22-9-10)23(18,19,20,21)14-13(15(14,16)17)11-5-3-2-4-6-11/h2-9H,1H3. The average molecular weight is 351 g/mol. The quantitative estimate of drug-likeness (QED) is 0.598. The number of halogens is 6. The number of aryl methyl sites for hydroxylation is 1. The number of aromatic nitrogens is 1. The van der Waals surface area contributed by atoms with E-state index in [1.54, 1.807) is 0 Å². The van der Waals surface area contributed by atoms with Crippen molar-refractivity contribution >= 4 is 15.4 Å². The topological polar surface area (TPSA) is 12.9 Å². The molecule has 1 aromatic heterocycles. The van der Waals surface area contributed by atoms with E-state index in [0.29, 0.717) is 11.6 Å². The third-order valence-corrected chi connectivity index (χ3v) is 5.91. The molecule has 0 amide bonds. The van der Waals surface area contributed by atoms with Gasteiger partial charge in [-0.2, -0.15) is 8.78 Å². The molecule has 0 aliphatic heterocycles.